The molecule has 0 fully saturated rings. The molecule has 0 bridgehead atoms. The summed E-state index contributed by atoms with van der Waals surface area (Å²) in [6.07, 6.45) is 4.46. The number of hydrogen-bond acceptors (Lipinski definition) is 3. The van der Waals surface area contributed by atoms with Gasteiger partial charge in [0.25, 0.3) is 0 Å². The van der Waals surface area contributed by atoms with Crippen LogP contribution in [0.15, 0.2) is 12.4 Å². The lowest BCUT2D eigenvalue weighted by Crippen LogP contribution is -1.99. The highest BCUT2D eigenvalue weighted by molar-refractivity contribution is 6.30. The maximum atomic E-state index is 6.08. The van der Waals surface area contributed by atoms with Gasteiger partial charge in [0.05, 0.1) is 11.8 Å². The summed E-state index contributed by atoms with van der Waals surface area (Å²) in [5.41, 5.74) is 2.83. The van der Waals surface area contributed by atoms with E-state index in [0.29, 0.717) is 11.0 Å². The van der Waals surface area contributed by atoms with E-state index in [-0.39, 0.29) is 0 Å². The predicted molar refractivity (Wildman–Crippen MR) is 63.4 cm³/mol. The van der Waals surface area contributed by atoms with Crippen molar-refractivity contribution in [2.45, 2.75) is 20.3 Å². The van der Waals surface area contributed by atoms with E-state index in [1.54, 1.807) is 10.9 Å². The van der Waals surface area contributed by atoms with Crippen molar-refractivity contribution in [2.24, 2.45) is 7.05 Å². The van der Waals surface area contributed by atoms with Gasteiger partial charge in [-0.2, -0.15) is 5.10 Å². The Morgan fingerprint density at radius 2 is 2.12 bits per heavy atom. The van der Waals surface area contributed by atoms with E-state index in [2.05, 4.69) is 22.0 Å². The molecule has 0 radical (unpaired) electrons. The van der Waals surface area contributed by atoms with Crippen LogP contribution in [0.2, 0.25) is 5.15 Å². The molecule has 0 spiro atoms. The van der Waals surface area contributed by atoms with Crippen LogP contribution >= 0.6 is 11.6 Å². The minimum absolute atomic E-state index is 0.519. The highest BCUT2D eigenvalue weighted by Crippen LogP contribution is 2.21. The predicted octanol–water partition coefficient (Wildman–Crippen LogP) is 2.40. The van der Waals surface area contributed by atoms with Crippen molar-refractivity contribution in [1.82, 2.24) is 19.7 Å². The summed E-state index contributed by atoms with van der Waals surface area (Å²) in [5.74, 6) is 0.639. The number of nitrogens with zero attached hydrogens (tertiary/aromatic N) is 4. The fourth-order valence-electron chi connectivity index (χ4n) is 1.54. The first kappa shape index (κ1) is 11.1. The van der Waals surface area contributed by atoms with Crippen molar-refractivity contribution < 1.29 is 0 Å². The zero-order chi connectivity index (χ0) is 11.7. The van der Waals surface area contributed by atoms with Crippen LogP contribution in [-0.4, -0.2) is 19.7 Å². The van der Waals surface area contributed by atoms with E-state index in [1.165, 1.54) is 0 Å². The molecule has 0 aliphatic heterocycles. The highest BCUT2D eigenvalue weighted by Gasteiger charge is 2.10. The summed E-state index contributed by atoms with van der Waals surface area (Å²) in [7, 11) is 1.86. The molecule has 0 aliphatic carbocycles. The van der Waals surface area contributed by atoms with Crippen LogP contribution in [0.3, 0.4) is 0 Å². The quantitative estimate of drug-likeness (QED) is 0.752. The van der Waals surface area contributed by atoms with E-state index >= 15 is 0 Å². The molecule has 5 heteroatoms. The van der Waals surface area contributed by atoms with Gasteiger partial charge in [-0.25, -0.2) is 9.97 Å². The van der Waals surface area contributed by atoms with Crippen LogP contribution < -0.4 is 0 Å². The Bertz CT molecular complexity index is 519. The summed E-state index contributed by atoms with van der Waals surface area (Å²) >= 11 is 6.08. The van der Waals surface area contributed by atoms with Gasteiger partial charge in [-0.3, -0.25) is 4.68 Å². The number of halogens is 1. The molecule has 4 nitrogen and oxygen atoms in total. The Morgan fingerprint density at radius 3 is 2.69 bits per heavy atom. The SMILES string of the molecule is CCc1nc(-c2cnn(C)c2)nc(Cl)c1C. The summed E-state index contributed by atoms with van der Waals surface area (Å²) in [6.45, 7) is 3.99. The fraction of sp³-hybridized carbons (Fsp3) is 0.364. The maximum Gasteiger partial charge on any atom is 0.164 e. The van der Waals surface area contributed by atoms with Crippen LogP contribution in [0.4, 0.5) is 0 Å². The van der Waals surface area contributed by atoms with Gasteiger partial charge in [0.15, 0.2) is 5.82 Å². The second-order valence-electron chi connectivity index (χ2n) is 3.67. The molecule has 0 unspecified atom stereocenters. The first-order valence-corrected chi connectivity index (χ1v) is 5.51. The van der Waals surface area contributed by atoms with Crippen molar-refractivity contribution in [2.75, 3.05) is 0 Å². The number of hydrogen-bond donors (Lipinski definition) is 0. The van der Waals surface area contributed by atoms with Gasteiger partial charge in [-0.1, -0.05) is 18.5 Å². The zero-order valence-electron chi connectivity index (χ0n) is 9.53. The molecule has 16 heavy (non-hydrogen) atoms. The molecule has 0 amide bonds. The minimum Gasteiger partial charge on any atom is -0.275 e. The molecule has 0 saturated carbocycles. The van der Waals surface area contributed by atoms with E-state index in [4.69, 9.17) is 11.6 Å². The van der Waals surface area contributed by atoms with Crippen molar-refractivity contribution in [1.29, 1.82) is 0 Å². The van der Waals surface area contributed by atoms with E-state index < -0.39 is 0 Å². The standard InChI is InChI=1S/C11H13ClN4/c1-4-9-7(2)10(12)15-11(14-9)8-5-13-16(3)6-8/h5-6H,4H2,1-3H3. The summed E-state index contributed by atoms with van der Waals surface area (Å²) in [4.78, 5) is 8.75. The van der Waals surface area contributed by atoms with Crippen molar-refractivity contribution in [3.63, 3.8) is 0 Å². The first-order chi connectivity index (χ1) is 7.61. The molecule has 84 valence electrons. The van der Waals surface area contributed by atoms with Crippen molar-refractivity contribution in [3.8, 4) is 11.4 Å². The molecule has 0 saturated heterocycles. The Morgan fingerprint density at radius 1 is 1.38 bits per heavy atom. The lowest BCUT2D eigenvalue weighted by atomic mass is 10.2. The molecular formula is C11H13ClN4. The lowest BCUT2D eigenvalue weighted by Gasteiger charge is -2.05. The van der Waals surface area contributed by atoms with Crippen LogP contribution in [0.1, 0.15) is 18.2 Å². The number of aryl methyl sites for hydroxylation is 2. The second kappa shape index (κ2) is 4.22. The highest BCUT2D eigenvalue weighted by atomic mass is 35.5. The van der Waals surface area contributed by atoms with Crippen LogP contribution in [0.25, 0.3) is 11.4 Å². The molecule has 2 heterocycles. The van der Waals surface area contributed by atoms with Gasteiger partial charge >= 0.3 is 0 Å². The van der Waals surface area contributed by atoms with Gasteiger partial charge in [0, 0.05) is 24.5 Å². The van der Waals surface area contributed by atoms with Gasteiger partial charge in [0.2, 0.25) is 0 Å². The number of aromatic nitrogens is 4. The normalized spacial score (nSPS) is 10.8. The van der Waals surface area contributed by atoms with Crippen LogP contribution in [0, 0.1) is 6.92 Å². The molecule has 2 rings (SSSR count). The van der Waals surface area contributed by atoms with Gasteiger partial charge in [-0.05, 0) is 13.3 Å². The molecule has 0 N–H and O–H groups in total. The van der Waals surface area contributed by atoms with E-state index in [1.807, 2.05) is 20.2 Å². The van der Waals surface area contributed by atoms with Crippen LogP contribution in [-0.2, 0) is 13.5 Å². The third kappa shape index (κ3) is 1.93. The van der Waals surface area contributed by atoms with Gasteiger partial charge in [0.1, 0.15) is 5.15 Å². The zero-order valence-corrected chi connectivity index (χ0v) is 10.3. The lowest BCUT2D eigenvalue weighted by molar-refractivity contribution is 0.768. The van der Waals surface area contributed by atoms with Crippen molar-refractivity contribution in [3.05, 3.63) is 28.8 Å². The average Bonchev–Trinajstić information content (AvgIpc) is 2.69. The molecule has 0 atom stereocenters. The molecule has 2 aromatic rings. The monoisotopic (exact) mass is 236 g/mol. The minimum atomic E-state index is 0.519. The molecular weight excluding hydrogens is 224 g/mol. The number of rotatable bonds is 2. The Balaban J connectivity index is 2.54. The summed E-state index contributed by atoms with van der Waals surface area (Å²) in [5, 5.41) is 4.61. The third-order valence-electron chi connectivity index (χ3n) is 2.49. The maximum absolute atomic E-state index is 6.08. The first-order valence-electron chi connectivity index (χ1n) is 5.14. The van der Waals surface area contributed by atoms with E-state index in [0.717, 1.165) is 23.2 Å². The molecule has 0 aliphatic rings. The average molecular weight is 237 g/mol. The van der Waals surface area contributed by atoms with Crippen molar-refractivity contribution >= 4 is 11.6 Å². The van der Waals surface area contributed by atoms with E-state index in [9.17, 15) is 0 Å². The molecule has 0 aromatic carbocycles. The Hall–Kier alpha value is -1.42. The summed E-state index contributed by atoms with van der Waals surface area (Å²) in [6, 6.07) is 0. The van der Waals surface area contributed by atoms with Gasteiger partial charge < -0.3 is 0 Å². The molecule has 2 aromatic heterocycles. The Labute approximate surface area is 99.3 Å². The van der Waals surface area contributed by atoms with Crippen LogP contribution in [0.5, 0.6) is 0 Å². The summed E-state index contributed by atoms with van der Waals surface area (Å²) < 4.78 is 1.72. The smallest absolute Gasteiger partial charge is 0.164 e. The largest absolute Gasteiger partial charge is 0.275 e. The topological polar surface area (TPSA) is 43.6 Å². The third-order valence-corrected chi connectivity index (χ3v) is 2.85. The van der Waals surface area contributed by atoms with Gasteiger partial charge in [-0.15, -0.1) is 0 Å². The fourth-order valence-corrected chi connectivity index (χ4v) is 1.73. The second-order valence-corrected chi connectivity index (χ2v) is 4.02. The Kier molecular flexibility index (Phi) is 2.92.